The number of carbonyl (C=O) groups excluding carboxylic acids is 4. The number of H-pyrrole nitrogens is 2. The van der Waals surface area contributed by atoms with E-state index in [4.69, 9.17) is 9.97 Å². The van der Waals surface area contributed by atoms with Crippen molar-refractivity contribution in [3.05, 3.63) is 334 Å². The summed E-state index contributed by atoms with van der Waals surface area (Å²) in [4.78, 5) is 82.6. The molecule has 4 amide bonds. The second-order valence-electron chi connectivity index (χ2n) is 40.7. The first kappa shape index (κ1) is 81.2. The van der Waals surface area contributed by atoms with E-state index in [1.165, 1.54) is 0 Å². The molecule has 4 fully saturated rings. The van der Waals surface area contributed by atoms with Crippen LogP contribution in [-0.2, 0) is 40.8 Å². The molecule has 3 aromatic heterocycles. The Bertz CT molecular complexity index is 6680. The smallest absolute Gasteiger partial charge is 0.228 e. The van der Waals surface area contributed by atoms with Crippen LogP contribution in [0.5, 0.6) is 0 Å². The minimum absolute atomic E-state index is 0.00129. The third-order valence-corrected chi connectivity index (χ3v) is 27.6. The molecule has 8 bridgehead atoms. The van der Waals surface area contributed by atoms with E-state index in [1.54, 1.807) is 0 Å². The Morgan fingerprint density at radius 3 is 0.742 bits per heavy atom. The highest BCUT2D eigenvalue weighted by Gasteiger charge is 2.48. The van der Waals surface area contributed by atoms with E-state index in [0.717, 1.165) is 121 Å². The van der Waals surface area contributed by atoms with Gasteiger partial charge in [0.2, 0.25) is 23.6 Å². The molecule has 4 saturated carbocycles. The number of nitrogens with one attached hydrogen (secondary N) is 6. The Labute approximate surface area is 747 Å². The normalized spacial score (nSPS) is 18.7. The molecule has 12 heteroatoms. The van der Waals surface area contributed by atoms with Crippen molar-refractivity contribution in [2.45, 2.75) is 154 Å². The number of nitrogens with zero attached hydrogens (tertiary/aromatic N) is 2. The molecule has 6 N–H and O–H groups in total. The average Bonchev–Trinajstić information content (AvgIpc) is 1.58. The third-order valence-electron chi connectivity index (χ3n) is 27.6. The maximum absolute atomic E-state index is 15.6. The molecule has 0 spiro atoms. The third kappa shape index (κ3) is 15.6. The molecule has 6 aliphatic rings. The fourth-order valence-electron chi connectivity index (χ4n) is 19.7. The first-order chi connectivity index (χ1) is 61.5. The molecule has 2 aliphatic heterocycles. The molecule has 21 rings (SSSR count). The summed E-state index contributed by atoms with van der Waals surface area (Å²) in [6.07, 6.45) is 11.1. The van der Waals surface area contributed by atoms with Gasteiger partial charge in [-0.2, -0.15) is 0 Å². The summed E-state index contributed by atoms with van der Waals surface area (Å²) in [5.74, 6) is -1.77. The number of amides is 4. The van der Waals surface area contributed by atoms with Crippen LogP contribution in [0.3, 0.4) is 0 Å². The standard InChI is InChI=1S/C116H106N8O4/c1-113(2,3)79-55-77(56-80(59-79)114(4,5)6)103-95-43-47-99(117-95)107(105-91(121-109(125)87-61-83(87)73-39-35-65-23-13-17-27-69(65)51-73)31-21-32-92(105)122-110(126)88-62-84(88)74-40-36-66-24-14-18-28-70(66)52-74)101-49-45-97(119-101)104(78-57-81(115(7,8)9)60-82(58-78)116(10,11)12)98-46-50-102(120-98)108(100-48-44-96(103)118-100)106-93(123-111(127)89-63-85(89)75-41-37-67-25-15-19-29-71(67)53-75)33-22-34-94(106)124-112(128)90-64-86(90)76-42-38-68-26-16-20-30-72(68)54-76/h13-60,83-90,117,120H,61-64H2,1-12H3,(H,121,125)(H,122,126)(H,123,127)(H,124,128)/t83-,84-,85-,86-,87+,88+,89+,90+/m0/s1. The van der Waals surface area contributed by atoms with E-state index in [0.29, 0.717) is 104 Å². The number of hydrogen-bond donors (Lipinski definition) is 6. The Hall–Kier alpha value is -13.8. The molecule has 0 unspecified atom stereocenters. The predicted octanol–water partition coefficient (Wildman–Crippen LogP) is 28.1. The lowest BCUT2D eigenvalue weighted by Gasteiger charge is -2.26. The van der Waals surface area contributed by atoms with E-state index in [9.17, 15) is 0 Å². The molecule has 4 aliphatic carbocycles. The van der Waals surface area contributed by atoms with Gasteiger partial charge in [0.25, 0.3) is 0 Å². The summed E-state index contributed by atoms with van der Waals surface area (Å²) in [7, 11) is 0. The molecule has 12 nitrogen and oxygen atoms in total. The number of fused-ring (bicyclic) bond motifs is 12. The zero-order valence-corrected chi connectivity index (χ0v) is 74.7. The van der Waals surface area contributed by atoms with E-state index in [-0.39, 0.29) is 92.6 Å². The van der Waals surface area contributed by atoms with Crippen LogP contribution in [0.1, 0.15) is 200 Å². The Balaban J connectivity index is 0.811. The van der Waals surface area contributed by atoms with Crippen LogP contribution in [0, 0.1) is 23.7 Å². The van der Waals surface area contributed by atoms with Gasteiger partial charge in [-0.1, -0.05) is 301 Å². The lowest BCUT2D eigenvalue weighted by Crippen LogP contribution is -2.18. The summed E-state index contributed by atoms with van der Waals surface area (Å²) in [5, 5.41) is 23.3. The number of aromatic amines is 2. The fourth-order valence-corrected chi connectivity index (χ4v) is 19.7. The van der Waals surface area contributed by atoms with E-state index in [1.807, 2.05) is 36.4 Å². The highest BCUT2D eigenvalue weighted by atomic mass is 16.2. The van der Waals surface area contributed by atoms with Crippen molar-refractivity contribution in [2.24, 2.45) is 23.7 Å². The van der Waals surface area contributed by atoms with Crippen LogP contribution >= 0.6 is 0 Å². The molecular formula is C116H106N8O4. The highest BCUT2D eigenvalue weighted by Crippen LogP contribution is 2.56. The van der Waals surface area contributed by atoms with Crippen LogP contribution < -0.4 is 21.3 Å². The zero-order chi connectivity index (χ0) is 88.1. The van der Waals surface area contributed by atoms with Gasteiger partial charge in [0.15, 0.2) is 0 Å². The van der Waals surface area contributed by atoms with Gasteiger partial charge in [-0.25, -0.2) is 9.97 Å². The number of carbonyl (C=O) groups is 4. The minimum Gasteiger partial charge on any atom is -0.354 e. The maximum Gasteiger partial charge on any atom is 0.228 e. The molecule has 128 heavy (non-hydrogen) atoms. The van der Waals surface area contributed by atoms with Crippen molar-refractivity contribution in [3.63, 3.8) is 0 Å². The van der Waals surface area contributed by atoms with Crippen LogP contribution in [0.4, 0.5) is 22.7 Å². The molecule has 0 radical (unpaired) electrons. The van der Waals surface area contributed by atoms with Gasteiger partial charge in [0.05, 0.1) is 45.5 Å². The van der Waals surface area contributed by atoms with Crippen LogP contribution in [-0.4, -0.2) is 43.6 Å². The number of anilines is 4. The lowest BCUT2D eigenvalue weighted by molar-refractivity contribution is -0.118. The quantitative estimate of drug-likeness (QED) is 0.0562. The largest absolute Gasteiger partial charge is 0.354 e. The van der Waals surface area contributed by atoms with E-state index in [2.05, 4.69) is 369 Å². The summed E-state index contributed by atoms with van der Waals surface area (Å²) in [5.41, 5.74) is 21.2. The first-order valence-electron chi connectivity index (χ1n) is 45.5. The van der Waals surface area contributed by atoms with Gasteiger partial charge in [0.1, 0.15) is 0 Å². The highest BCUT2D eigenvalue weighted by molar-refractivity contribution is 6.13. The average molecular weight is 1680 g/mol. The predicted molar refractivity (Wildman–Crippen MR) is 529 cm³/mol. The molecule has 12 aromatic carbocycles. The lowest BCUT2D eigenvalue weighted by atomic mass is 9.78. The van der Waals surface area contributed by atoms with Gasteiger partial charge in [-0.15, -0.1) is 0 Å². The zero-order valence-electron chi connectivity index (χ0n) is 74.7. The van der Waals surface area contributed by atoms with Gasteiger partial charge in [-0.05, 0) is 243 Å². The van der Waals surface area contributed by atoms with E-state index < -0.39 is 0 Å². The number of aromatic nitrogens is 4. The summed E-state index contributed by atoms with van der Waals surface area (Å²) in [6.45, 7) is 27.1. The van der Waals surface area contributed by atoms with Crippen LogP contribution in [0.15, 0.2) is 267 Å². The fraction of sp³-hybridized carbons (Fsp3) is 0.241. The van der Waals surface area contributed by atoms with Crippen molar-refractivity contribution in [1.82, 2.24) is 19.9 Å². The summed E-state index contributed by atoms with van der Waals surface area (Å²) < 4.78 is 0. The summed E-state index contributed by atoms with van der Waals surface area (Å²) in [6, 6.07) is 93.7. The Morgan fingerprint density at radius 1 is 0.258 bits per heavy atom. The minimum atomic E-state index is -0.325. The molecule has 15 aromatic rings. The van der Waals surface area contributed by atoms with Gasteiger partial charge < -0.3 is 31.2 Å². The van der Waals surface area contributed by atoms with Crippen molar-refractivity contribution >= 4 is 136 Å². The Morgan fingerprint density at radius 2 is 0.492 bits per heavy atom. The number of benzene rings is 12. The van der Waals surface area contributed by atoms with Crippen molar-refractivity contribution in [2.75, 3.05) is 21.3 Å². The van der Waals surface area contributed by atoms with Crippen molar-refractivity contribution in [1.29, 1.82) is 0 Å². The maximum atomic E-state index is 15.6. The molecule has 0 saturated heterocycles. The summed E-state index contributed by atoms with van der Waals surface area (Å²) >= 11 is 0. The second kappa shape index (κ2) is 31.0. The number of hydrogen-bond acceptors (Lipinski definition) is 6. The topological polar surface area (TPSA) is 174 Å². The molecule has 5 heterocycles. The van der Waals surface area contributed by atoms with Crippen LogP contribution in [0.2, 0.25) is 0 Å². The Kier molecular flexibility index (Phi) is 19.7. The van der Waals surface area contributed by atoms with Gasteiger partial charge in [-0.3, -0.25) is 19.2 Å². The van der Waals surface area contributed by atoms with Gasteiger partial charge in [0, 0.05) is 79.1 Å². The van der Waals surface area contributed by atoms with Crippen molar-refractivity contribution < 1.29 is 19.2 Å². The first-order valence-corrected chi connectivity index (χ1v) is 45.5. The SMILES string of the molecule is CC(C)(C)c1cc(-c2c3nc(c(-c4c(NC(=O)[C@@H]5C[C@H]5c5ccc6ccccc6c5)cccc4NC(=O)[C@@H]4C[C@H]4c4ccc5ccccc5c4)c4ccc([nH]4)c(-c4cc(C(C)(C)C)cc(C(C)(C)C)c4)c4nc(c(-c5c(NC(=O)[C@@H]6C[C@H]6c6ccc7ccccc7c6)cccc5NC(=O)[C@@H]5C[C@H]5c5ccc6ccccc6c5)c5ccc2[nH]5)C=C4)C=C3)cc(C(C)(C)C)c1. The molecule has 634 valence electrons. The molecular weight excluding hydrogens is 1570 g/mol. The monoisotopic (exact) mass is 1670 g/mol. The van der Waals surface area contributed by atoms with Gasteiger partial charge >= 0.3 is 0 Å². The van der Waals surface area contributed by atoms with Crippen molar-refractivity contribution in [3.8, 4) is 44.5 Å². The molecule has 8 atom stereocenters. The number of rotatable bonds is 16. The van der Waals surface area contributed by atoms with E-state index >= 15 is 19.2 Å². The van der Waals surface area contributed by atoms with Crippen LogP contribution in [0.25, 0.3) is 134 Å². The second-order valence-corrected chi connectivity index (χ2v) is 40.7.